The molecule has 0 spiro atoms. The maximum Gasteiger partial charge on any atom is 0.0375 e. The number of rotatable bonds is 7. The topological polar surface area (TPSA) is 3.24 Å². The average Bonchev–Trinajstić information content (AvgIpc) is 2.29. The van der Waals surface area contributed by atoms with E-state index < -0.39 is 0 Å². The van der Waals surface area contributed by atoms with Crippen molar-refractivity contribution in [1.82, 2.24) is 0 Å². The van der Waals surface area contributed by atoms with Gasteiger partial charge in [0.25, 0.3) is 0 Å². The third-order valence-electron chi connectivity index (χ3n) is 3.95. The van der Waals surface area contributed by atoms with Gasteiger partial charge in [0.2, 0.25) is 0 Å². The minimum Gasteiger partial charge on any atom is -0.361 e. The molecule has 1 aromatic rings. The molecular formula is C18H31N. The van der Waals surface area contributed by atoms with Crippen molar-refractivity contribution in [2.75, 3.05) is 4.90 Å². The van der Waals surface area contributed by atoms with Crippen molar-refractivity contribution in [2.24, 2.45) is 0 Å². The first-order chi connectivity index (χ1) is 8.85. The van der Waals surface area contributed by atoms with Gasteiger partial charge in [-0.2, -0.15) is 0 Å². The van der Waals surface area contributed by atoms with E-state index in [-0.39, 0.29) is 11.1 Å². The monoisotopic (exact) mass is 261 g/mol. The lowest BCUT2D eigenvalue weighted by Crippen LogP contribution is -2.56. The van der Waals surface area contributed by atoms with E-state index in [1.807, 2.05) is 0 Å². The first-order valence-corrected chi connectivity index (χ1v) is 7.70. The summed E-state index contributed by atoms with van der Waals surface area (Å²) in [6.07, 6.45) is 4.88. The van der Waals surface area contributed by atoms with Gasteiger partial charge in [-0.25, -0.2) is 0 Å². The lowest BCUT2D eigenvalue weighted by molar-refractivity contribution is 0.305. The Morgan fingerprint density at radius 3 is 1.58 bits per heavy atom. The minimum absolute atomic E-state index is 0.189. The van der Waals surface area contributed by atoms with Crippen LogP contribution in [0.15, 0.2) is 30.3 Å². The van der Waals surface area contributed by atoms with E-state index in [1.165, 1.54) is 31.4 Å². The first kappa shape index (κ1) is 16.1. The second kappa shape index (κ2) is 6.45. The van der Waals surface area contributed by atoms with E-state index in [2.05, 4.69) is 76.8 Å². The van der Waals surface area contributed by atoms with Crippen molar-refractivity contribution in [3.8, 4) is 0 Å². The highest BCUT2D eigenvalue weighted by atomic mass is 15.3. The van der Waals surface area contributed by atoms with E-state index in [4.69, 9.17) is 0 Å². The van der Waals surface area contributed by atoms with Gasteiger partial charge in [-0.15, -0.1) is 0 Å². The van der Waals surface area contributed by atoms with Crippen LogP contribution in [0.1, 0.15) is 67.2 Å². The Kier molecular flexibility index (Phi) is 5.46. The van der Waals surface area contributed by atoms with Gasteiger partial charge in [0.15, 0.2) is 0 Å². The molecule has 0 aliphatic heterocycles. The van der Waals surface area contributed by atoms with Gasteiger partial charge in [0.1, 0.15) is 0 Å². The molecule has 1 rings (SSSR count). The second-order valence-electron chi connectivity index (χ2n) is 6.80. The molecule has 0 aromatic heterocycles. The molecule has 0 aliphatic carbocycles. The van der Waals surface area contributed by atoms with Crippen LogP contribution in [0.4, 0.5) is 5.69 Å². The van der Waals surface area contributed by atoms with Crippen LogP contribution in [0, 0.1) is 0 Å². The third kappa shape index (κ3) is 3.99. The van der Waals surface area contributed by atoms with Crippen LogP contribution in [-0.2, 0) is 0 Å². The van der Waals surface area contributed by atoms with Crippen LogP contribution in [-0.4, -0.2) is 11.1 Å². The van der Waals surface area contributed by atoms with E-state index in [0.717, 1.165) is 0 Å². The largest absolute Gasteiger partial charge is 0.361 e. The molecular weight excluding hydrogens is 230 g/mol. The smallest absolute Gasteiger partial charge is 0.0375 e. The van der Waals surface area contributed by atoms with E-state index >= 15 is 0 Å². The highest BCUT2D eigenvalue weighted by Crippen LogP contribution is 2.36. The molecule has 0 aliphatic rings. The minimum atomic E-state index is 0.189. The molecule has 108 valence electrons. The molecule has 0 saturated heterocycles. The van der Waals surface area contributed by atoms with Gasteiger partial charge in [0.05, 0.1) is 0 Å². The van der Waals surface area contributed by atoms with Gasteiger partial charge in [-0.3, -0.25) is 0 Å². The Morgan fingerprint density at radius 2 is 1.21 bits per heavy atom. The van der Waals surface area contributed by atoms with Gasteiger partial charge < -0.3 is 4.90 Å². The molecule has 19 heavy (non-hydrogen) atoms. The quantitative estimate of drug-likeness (QED) is 0.613. The highest BCUT2D eigenvalue weighted by molar-refractivity contribution is 5.51. The van der Waals surface area contributed by atoms with E-state index in [0.29, 0.717) is 0 Å². The summed E-state index contributed by atoms with van der Waals surface area (Å²) in [7, 11) is 0. The van der Waals surface area contributed by atoms with Gasteiger partial charge >= 0.3 is 0 Å². The zero-order chi connectivity index (χ0) is 14.5. The van der Waals surface area contributed by atoms with Crippen LogP contribution in [0.25, 0.3) is 0 Å². The highest BCUT2D eigenvalue weighted by Gasteiger charge is 2.36. The summed E-state index contributed by atoms with van der Waals surface area (Å²) >= 11 is 0. The summed E-state index contributed by atoms with van der Waals surface area (Å²) in [5.41, 5.74) is 1.73. The number of para-hydroxylation sites is 1. The van der Waals surface area contributed by atoms with Crippen LogP contribution >= 0.6 is 0 Å². The maximum atomic E-state index is 2.63. The molecule has 1 heteroatoms. The molecule has 0 radical (unpaired) electrons. The Balaban J connectivity index is 3.19. The van der Waals surface area contributed by atoms with Crippen LogP contribution in [0.5, 0.6) is 0 Å². The SMILES string of the molecule is CCCC(C)(C)N(c1ccccc1)C(C)(C)CCC. The van der Waals surface area contributed by atoms with Crippen molar-refractivity contribution >= 4 is 5.69 Å². The normalized spacial score (nSPS) is 12.5. The zero-order valence-corrected chi connectivity index (χ0v) is 13.7. The first-order valence-electron chi connectivity index (χ1n) is 7.70. The standard InChI is InChI=1S/C18H31N/c1-7-14-17(3,4)19(18(5,6)15-8-2)16-12-10-9-11-13-16/h9-13H,7-8,14-15H2,1-6H3. The molecule has 0 fully saturated rings. The number of hydrogen-bond acceptors (Lipinski definition) is 1. The van der Waals surface area contributed by atoms with Gasteiger partial charge in [0, 0.05) is 16.8 Å². The number of hydrogen-bond donors (Lipinski definition) is 0. The predicted molar refractivity (Wildman–Crippen MR) is 86.9 cm³/mol. The van der Waals surface area contributed by atoms with Crippen molar-refractivity contribution in [3.05, 3.63) is 30.3 Å². The molecule has 0 atom stereocenters. The average molecular weight is 261 g/mol. The molecule has 0 amide bonds. The fourth-order valence-electron chi connectivity index (χ4n) is 3.54. The molecule has 0 saturated carbocycles. The Hall–Kier alpha value is -0.980. The molecule has 0 bridgehead atoms. The summed E-state index contributed by atoms with van der Waals surface area (Å²) in [4.78, 5) is 2.63. The lowest BCUT2D eigenvalue weighted by Gasteiger charge is -2.51. The number of anilines is 1. The molecule has 1 nitrogen and oxygen atoms in total. The van der Waals surface area contributed by atoms with Crippen molar-refractivity contribution in [2.45, 2.75) is 78.3 Å². The fraction of sp³-hybridized carbons (Fsp3) is 0.667. The van der Waals surface area contributed by atoms with Gasteiger partial charge in [-0.1, -0.05) is 44.9 Å². The second-order valence-corrected chi connectivity index (χ2v) is 6.80. The van der Waals surface area contributed by atoms with Crippen LogP contribution in [0.3, 0.4) is 0 Å². The van der Waals surface area contributed by atoms with Gasteiger partial charge in [-0.05, 0) is 52.7 Å². The molecule has 0 unspecified atom stereocenters. The number of nitrogens with zero attached hydrogens (tertiary/aromatic N) is 1. The Labute approximate surface area is 120 Å². The zero-order valence-electron chi connectivity index (χ0n) is 13.7. The van der Waals surface area contributed by atoms with Crippen molar-refractivity contribution < 1.29 is 0 Å². The Morgan fingerprint density at radius 1 is 0.789 bits per heavy atom. The third-order valence-corrected chi connectivity index (χ3v) is 3.95. The molecule has 1 aromatic carbocycles. The summed E-state index contributed by atoms with van der Waals surface area (Å²) in [5, 5.41) is 0. The Bertz CT molecular complexity index is 347. The summed E-state index contributed by atoms with van der Waals surface area (Å²) in [6, 6.07) is 10.9. The maximum absolute atomic E-state index is 2.63. The van der Waals surface area contributed by atoms with Crippen molar-refractivity contribution in [3.63, 3.8) is 0 Å². The molecule has 0 heterocycles. The van der Waals surface area contributed by atoms with Crippen LogP contribution < -0.4 is 4.90 Å². The van der Waals surface area contributed by atoms with Crippen molar-refractivity contribution in [1.29, 1.82) is 0 Å². The summed E-state index contributed by atoms with van der Waals surface area (Å²) in [6.45, 7) is 14.1. The molecule has 0 N–H and O–H groups in total. The fourth-order valence-corrected chi connectivity index (χ4v) is 3.54. The summed E-state index contributed by atoms with van der Waals surface area (Å²) < 4.78 is 0. The lowest BCUT2D eigenvalue weighted by atomic mass is 9.86. The van der Waals surface area contributed by atoms with E-state index in [9.17, 15) is 0 Å². The predicted octanol–water partition coefficient (Wildman–Crippen LogP) is 5.65. The number of benzene rings is 1. The van der Waals surface area contributed by atoms with E-state index in [1.54, 1.807) is 0 Å². The summed E-state index contributed by atoms with van der Waals surface area (Å²) in [5.74, 6) is 0. The van der Waals surface area contributed by atoms with Crippen LogP contribution in [0.2, 0.25) is 0 Å².